The molecule has 0 spiro atoms. The van der Waals surface area contributed by atoms with Crippen molar-refractivity contribution in [1.82, 2.24) is 10.2 Å². The molecular weight excluding hydrogens is 249 g/mol. The highest BCUT2D eigenvalue weighted by Gasteiger charge is 2.38. The molecule has 0 saturated heterocycles. The number of ether oxygens (including phenoxy) is 1. The van der Waals surface area contributed by atoms with Gasteiger partial charge in [0.15, 0.2) is 0 Å². The van der Waals surface area contributed by atoms with E-state index in [1.807, 2.05) is 0 Å². The van der Waals surface area contributed by atoms with Crippen molar-refractivity contribution in [3.05, 3.63) is 0 Å². The Kier molecular flexibility index (Phi) is 6.62. The number of rotatable bonds is 7. The zero-order valence-electron chi connectivity index (χ0n) is 11.2. The lowest BCUT2D eigenvalue weighted by Gasteiger charge is -2.33. The smallest absolute Gasteiger partial charge is 0.401 e. The van der Waals surface area contributed by atoms with E-state index >= 15 is 0 Å². The van der Waals surface area contributed by atoms with E-state index in [-0.39, 0.29) is 13.1 Å². The number of alkyl halides is 3. The summed E-state index contributed by atoms with van der Waals surface area (Å²) in [5, 5.41) is 2.72. The van der Waals surface area contributed by atoms with Gasteiger partial charge < -0.3 is 10.1 Å². The molecule has 1 atom stereocenters. The number of halogens is 3. The number of carbonyl (C=O) groups is 1. The summed E-state index contributed by atoms with van der Waals surface area (Å²) in [5.74, 6) is -0.576. The fourth-order valence-electron chi connectivity index (χ4n) is 1.70. The van der Waals surface area contributed by atoms with E-state index in [1.54, 1.807) is 6.92 Å². The normalized spacial score (nSPS) is 15.6. The Labute approximate surface area is 105 Å². The quantitative estimate of drug-likeness (QED) is 0.710. The summed E-state index contributed by atoms with van der Waals surface area (Å²) in [5.41, 5.74) is -1.14. The largest absolute Gasteiger partial charge is 0.468 e. The van der Waals surface area contributed by atoms with E-state index in [0.717, 1.165) is 0 Å². The number of nitrogens with one attached hydrogen (secondary N) is 1. The van der Waals surface area contributed by atoms with Gasteiger partial charge in [0.1, 0.15) is 5.54 Å². The first-order chi connectivity index (χ1) is 8.18. The Hall–Kier alpha value is -0.820. The molecule has 7 heteroatoms. The van der Waals surface area contributed by atoms with E-state index in [1.165, 1.54) is 26.0 Å². The van der Waals surface area contributed by atoms with Crippen molar-refractivity contribution in [3.63, 3.8) is 0 Å². The molecule has 0 fully saturated rings. The lowest BCUT2D eigenvalue weighted by molar-refractivity contribution is -0.157. The second-order valence-electron chi connectivity index (χ2n) is 4.40. The molecule has 0 saturated carbocycles. The SMILES string of the molecule is CCCN(CC(F)(F)F)CC(C)(NC)C(=O)OC. The molecule has 0 bridgehead atoms. The molecule has 0 aliphatic heterocycles. The Bertz CT molecular complexity index is 272. The lowest BCUT2D eigenvalue weighted by Crippen LogP contribution is -2.57. The van der Waals surface area contributed by atoms with Crippen molar-refractivity contribution in [2.75, 3.05) is 33.8 Å². The molecule has 0 rings (SSSR count). The molecule has 0 heterocycles. The first-order valence-corrected chi connectivity index (χ1v) is 5.75. The summed E-state index contributed by atoms with van der Waals surface area (Å²) in [6, 6.07) is 0. The molecule has 4 nitrogen and oxygen atoms in total. The Balaban J connectivity index is 4.78. The third-order valence-electron chi connectivity index (χ3n) is 2.67. The Morgan fingerprint density at radius 1 is 1.33 bits per heavy atom. The minimum atomic E-state index is -4.28. The van der Waals surface area contributed by atoms with Crippen molar-refractivity contribution in [2.45, 2.75) is 32.0 Å². The molecule has 0 aliphatic carbocycles. The van der Waals surface area contributed by atoms with Crippen LogP contribution in [0.2, 0.25) is 0 Å². The van der Waals surface area contributed by atoms with E-state index in [9.17, 15) is 18.0 Å². The summed E-state index contributed by atoms with van der Waals surface area (Å²) in [7, 11) is 2.74. The predicted molar refractivity (Wildman–Crippen MR) is 62.3 cm³/mol. The van der Waals surface area contributed by atoms with Gasteiger partial charge in [-0.25, -0.2) is 0 Å². The maximum atomic E-state index is 12.4. The Morgan fingerprint density at radius 2 is 1.89 bits per heavy atom. The first-order valence-electron chi connectivity index (χ1n) is 5.75. The third-order valence-corrected chi connectivity index (χ3v) is 2.67. The van der Waals surface area contributed by atoms with Gasteiger partial charge in [0, 0.05) is 6.54 Å². The van der Waals surface area contributed by atoms with Crippen LogP contribution in [0.25, 0.3) is 0 Å². The number of methoxy groups -OCH3 is 1. The number of hydrogen-bond donors (Lipinski definition) is 1. The van der Waals surface area contributed by atoms with Crippen molar-refractivity contribution in [2.24, 2.45) is 0 Å². The van der Waals surface area contributed by atoms with Crippen LogP contribution in [0.15, 0.2) is 0 Å². The zero-order chi connectivity index (χ0) is 14.4. The highest BCUT2D eigenvalue weighted by Crippen LogP contribution is 2.19. The second-order valence-corrected chi connectivity index (χ2v) is 4.40. The van der Waals surface area contributed by atoms with Crippen molar-refractivity contribution in [1.29, 1.82) is 0 Å². The van der Waals surface area contributed by atoms with Crippen LogP contribution in [0.4, 0.5) is 13.2 Å². The molecule has 0 aromatic rings. The highest BCUT2D eigenvalue weighted by molar-refractivity contribution is 5.80. The zero-order valence-corrected chi connectivity index (χ0v) is 11.2. The van der Waals surface area contributed by atoms with Crippen LogP contribution in [-0.2, 0) is 9.53 Å². The van der Waals surface area contributed by atoms with Gasteiger partial charge in [-0.2, -0.15) is 13.2 Å². The van der Waals surface area contributed by atoms with Gasteiger partial charge >= 0.3 is 12.1 Å². The number of nitrogens with zero attached hydrogens (tertiary/aromatic N) is 1. The minimum Gasteiger partial charge on any atom is -0.468 e. The average molecular weight is 270 g/mol. The monoisotopic (exact) mass is 270 g/mol. The number of esters is 1. The van der Waals surface area contributed by atoms with Gasteiger partial charge in [-0.3, -0.25) is 9.69 Å². The molecule has 108 valence electrons. The van der Waals surface area contributed by atoms with Gasteiger partial charge in [-0.05, 0) is 26.9 Å². The van der Waals surface area contributed by atoms with Crippen LogP contribution >= 0.6 is 0 Å². The van der Waals surface area contributed by atoms with Crippen molar-refractivity contribution < 1.29 is 22.7 Å². The van der Waals surface area contributed by atoms with Crippen LogP contribution in [-0.4, -0.2) is 56.4 Å². The van der Waals surface area contributed by atoms with E-state index in [4.69, 9.17) is 0 Å². The lowest BCUT2D eigenvalue weighted by atomic mass is 10.0. The van der Waals surface area contributed by atoms with Crippen LogP contribution in [0.1, 0.15) is 20.3 Å². The fraction of sp³-hybridized carbons (Fsp3) is 0.909. The summed E-state index contributed by atoms with van der Waals surface area (Å²) in [4.78, 5) is 12.8. The summed E-state index contributed by atoms with van der Waals surface area (Å²) in [6.45, 7) is 2.50. The summed E-state index contributed by atoms with van der Waals surface area (Å²) >= 11 is 0. The standard InChI is InChI=1S/C11H21F3N2O2/c1-5-6-16(8-11(12,13)14)7-10(2,15-3)9(17)18-4/h15H,5-8H2,1-4H3. The van der Waals surface area contributed by atoms with Gasteiger partial charge in [0.25, 0.3) is 0 Å². The van der Waals surface area contributed by atoms with Gasteiger partial charge in [0.2, 0.25) is 0 Å². The topological polar surface area (TPSA) is 41.6 Å². The molecule has 0 aliphatic rings. The highest BCUT2D eigenvalue weighted by atomic mass is 19.4. The number of likely N-dealkylation sites (N-methyl/N-ethyl adjacent to an activating group) is 1. The van der Waals surface area contributed by atoms with E-state index < -0.39 is 24.2 Å². The fourth-order valence-corrected chi connectivity index (χ4v) is 1.70. The predicted octanol–water partition coefficient (Wildman–Crippen LogP) is 1.41. The molecule has 0 radical (unpaired) electrons. The molecule has 0 aromatic heterocycles. The van der Waals surface area contributed by atoms with Gasteiger partial charge in [-0.15, -0.1) is 0 Å². The number of hydrogen-bond acceptors (Lipinski definition) is 4. The maximum absolute atomic E-state index is 12.4. The molecule has 0 amide bonds. The first kappa shape index (κ1) is 17.2. The maximum Gasteiger partial charge on any atom is 0.401 e. The second kappa shape index (κ2) is 6.94. The molecule has 1 N–H and O–H groups in total. The minimum absolute atomic E-state index is 0.0521. The average Bonchev–Trinajstić information content (AvgIpc) is 2.25. The molecule has 1 unspecified atom stereocenters. The molecule has 18 heavy (non-hydrogen) atoms. The van der Waals surface area contributed by atoms with Crippen LogP contribution in [0.5, 0.6) is 0 Å². The van der Waals surface area contributed by atoms with Gasteiger partial charge in [0.05, 0.1) is 13.7 Å². The Morgan fingerprint density at radius 3 is 2.22 bits per heavy atom. The van der Waals surface area contributed by atoms with Crippen LogP contribution < -0.4 is 5.32 Å². The van der Waals surface area contributed by atoms with Gasteiger partial charge in [-0.1, -0.05) is 6.92 Å². The van der Waals surface area contributed by atoms with Crippen molar-refractivity contribution >= 4 is 5.97 Å². The summed E-state index contributed by atoms with van der Waals surface area (Å²) < 4.78 is 41.8. The van der Waals surface area contributed by atoms with E-state index in [2.05, 4.69) is 10.1 Å². The van der Waals surface area contributed by atoms with Crippen molar-refractivity contribution in [3.8, 4) is 0 Å². The molecule has 0 aromatic carbocycles. The molecular formula is C11H21F3N2O2. The van der Waals surface area contributed by atoms with E-state index in [0.29, 0.717) is 6.42 Å². The summed E-state index contributed by atoms with van der Waals surface area (Å²) in [6.07, 6.45) is -3.70. The van der Waals surface area contributed by atoms with Crippen LogP contribution in [0.3, 0.4) is 0 Å². The third kappa shape index (κ3) is 5.68. The number of carbonyl (C=O) groups excluding carboxylic acids is 1. The van der Waals surface area contributed by atoms with Crippen LogP contribution in [0, 0.1) is 0 Å².